The molecule has 0 bridgehead atoms. The van der Waals surface area contributed by atoms with Gasteiger partial charge in [-0.15, -0.1) is 0 Å². The standard InChI is InChI=1S/C5H11NO2.C2H4O2/c1-2-3-4-6-5(7)8;1-2(3)4/h6H,2-4H2,1H3,(H,7,8);1H3,(H,3,4). The van der Waals surface area contributed by atoms with Crippen molar-refractivity contribution in [1.82, 2.24) is 5.32 Å². The average Bonchev–Trinajstić information content (AvgIpc) is 1.86. The van der Waals surface area contributed by atoms with Gasteiger partial charge in [0.15, 0.2) is 0 Å². The van der Waals surface area contributed by atoms with E-state index in [0.717, 1.165) is 19.8 Å². The fraction of sp³-hybridized carbons (Fsp3) is 0.714. The van der Waals surface area contributed by atoms with E-state index in [4.69, 9.17) is 15.0 Å². The van der Waals surface area contributed by atoms with Gasteiger partial charge in [0, 0.05) is 13.5 Å². The highest BCUT2D eigenvalue weighted by Crippen LogP contribution is 1.80. The predicted molar refractivity (Wildman–Crippen MR) is 44.2 cm³/mol. The largest absolute Gasteiger partial charge is 0.481 e. The zero-order valence-corrected chi connectivity index (χ0v) is 7.33. The minimum absolute atomic E-state index is 0.575. The summed E-state index contributed by atoms with van der Waals surface area (Å²) in [5, 5.41) is 17.7. The Bertz CT molecular complexity index is 131. The number of unbranched alkanes of at least 4 members (excludes halogenated alkanes) is 1. The molecule has 0 aromatic rings. The van der Waals surface area contributed by atoms with Gasteiger partial charge >= 0.3 is 6.09 Å². The lowest BCUT2D eigenvalue weighted by Gasteiger charge is -1.94. The number of rotatable bonds is 3. The lowest BCUT2D eigenvalue weighted by molar-refractivity contribution is -0.134. The molecule has 72 valence electrons. The van der Waals surface area contributed by atoms with Crippen molar-refractivity contribution in [1.29, 1.82) is 0 Å². The Morgan fingerprint density at radius 1 is 1.33 bits per heavy atom. The van der Waals surface area contributed by atoms with E-state index in [9.17, 15) is 4.79 Å². The highest BCUT2D eigenvalue weighted by Gasteiger charge is 1.88. The number of hydrogen-bond acceptors (Lipinski definition) is 2. The number of amides is 1. The van der Waals surface area contributed by atoms with Crippen LogP contribution in [0.4, 0.5) is 4.79 Å². The van der Waals surface area contributed by atoms with Crippen LogP contribution in [0.15, 0.2) is 0 Å². The molecular formula is C7H15NO4. The highest BCUT2D eigenvalue weighted by molar-refractivity contribution is 5.64. The van der Waals surface area contributed by atoms with Gasteiger partial charge < -0.3 is 15.5 Å². The number of carbonyl (C=O) groups is 2. The van der Waals surface area contributed by atoms with Gasteiger partial charge in [0.05, 0.1) is 0 Å². The zero-order chi connectivity index (χ0) is 9.98. The van der Waals surface area contributed by atoms with Crippen molar-refractivity contribution in [2.45, 2.75) is 26.7 Å². The molecule has 0 heterocycles. The summed E-state index contributed by atoms with van der Waals surface area (Å²) < 4.78 is 0. The molecule has 0 aliphatic carbocycles. The molecule has 0 atom stereocenters. The van der Waals surface area contributed by atoms with Crippen molar-refractivity contribution in [2.24, 2.45) is 0 Å². The van der Waals surface area contributed by atoms with Crippen LogP contribution in [0.1, 0.15) is 26.7 Å². The zero-order valence-electron chi connectivity index (χ0n) is 7.33. The first-order valence-electron chi connectivity index (χ1n) is 3.67. The summed E-state index contributed by atoms with van der Waals surface area (Å²) >= 11 is 0. The third-order valence-corrected chi connectivity index (χ3v) is 0.807. The van der Waals surface area contributed by atoms with Crippen LogP contribution in [0.3, 0.4) is 0 Å². The van der Waals surface area contributed by atoms with E-state index in [0.29, 0.717) is 6.54 Å². The van der Waals surface area contributed by atoms with Gasteiger partial charge in [-0.1, -0.05) is 13.3 Å². The van der Waals surface area contributed by atoms with Crippen molar-refractivity contribution < 1.29 is 19.8 Å². The molecule has 5 nitrogen and oxygen atoms in total. The number of hydrogen-bond donors (Lipinski definition) is 3. The monoisotopic (exact) mass is 177 g/mol. The Morgan fingerprint density at radius 3 is 2.00 bits per heavy atom. The normalized spacial score (nSPS) is 7.83. The molecular weight excluding hydrogens is 162 g/mol. The van der Waals surface area contributed by atoms with Gasteiger partial charge in [0.1, 0.15) is 0 Å². The average molecular weight is 177 g/mol. The quantitative estimate of drug-likeness (QED) is 0.564. The van der Waals surface area contributed by atoms with E-state index in [2.05, 4.69) is 5.32 Å². The molecule has 0 aromatic carbocycles. The van der Waals surface area contributed by atoms with Gasteiger partial charge in [-0.3, -0.25) is 4.79 Å². The smallest absolute Gasteiger partial charge is 0.404 e. The summed E-state index contributed by atoms with van der Waals surface area (Å²) in [6, 6.07) is 0. The Labute approximate surface area is 71.4 Å². The summed E-state index contributed by atoms with van der Waals surface area (Å²) in [4.78, 5) is 18.8. The minimum Gasteiger partial charge on any atom is -0.481 e. The van der Waals surface area contributed by atoms with Gasteiger partial charge in [0.2, 0.25) is 0 Å². The Kier molecular flexibility index (Phi) is 10.8. The highest BCUT2D eigenvalue weighted by atomic mass is 16.4. The summed E-state index contributed by atoms with van der Waals surface area (Å²) in [6.07, 6.45) is 1.02. The van der Waals surface area contributed by atoms with Crippen LogP contribution in [-0.2, 0) is 4.79 Å². The first-order chi connectivity index (χ1) is 5.50. The van der Waals surface area contributed by atoms with E-state index >= 15 is 0 Å². The predicted octanol–water partition coefficient (Wildman–Crippen LogP) is 1.15. The third-order valence-electron chi connectivity index (χ3n) is 0.807. The van der Waals surface area contributed by atoms with Crippen LogP contribution >= 0.6 is 0 Å². The lowest BCUT2D eigenvalue weighted by atomic mass is 10.3. The molecule has 0 unspecified atom stereocenters. The second kappa shape index (κ2) is 9.74. The van der Waals surface area contributed by atoms with Gasteiger partial charge in [-0.2, -0.15) is 0 Å². The molecule has 0 aromatic heterocycles. The second-order valence-electron chi connectivity index (χ2n) is 2.10. The number of aliphatic carboxylic acids is 1. The molecule has 0 rings (SSSR count). The minimum atomic E-state index is -0.932. The molecule has 0 saturated carbocycles. The van der Waals surface area contributed by atoms with Gasteiger partial charge in [-0.25, -0.2) is 4.79 Å². The molecule has 0 spiro atoms. The molecule has 5 heteroatoms. The Hall–Kier alpha value is -1.26. The SMILES string of the molecule is CC(=O)O.CCCCNC(=O)O. The second-order valence-corrected chi connectivity index (χ2v) is 2.10. The summed E-state index contributed by atoms with van der Waals surface area (Å²) in [7, 11) is 0. The van der Waals surface area contributed by atoms with Crippen LogP contribution in [0, 0.1) is 0 Å². The molecule has 12 heavy (non-hydrogen) atoms. The Balaban J connectivity index is 0. The van der Waals surface area contributed by atoms with Crippen molar-refractivity contribution in [3.63, 3.8) is 0 Å². The maximum atomic E-state index is 9.76. The lowest BCUT2D eigenvalue weighted by Crippen LogP contribution is -2.21. The molecule has 1 amide bonds. The van der Waals surface area contributed by atoms with Crippen LogP contribution < -0.4 is 5.32 Å². The molecule has 0 aliphatic heterocycles. The number of carboxylic acid groups (broad SMARTS) is 2. The summed E-state index contributed by atoms with van der Waals surface area (Å²) in [5.41, 5.74) is 0. The van der Waals surface area contributed by atoms with Crippen LogP contribution in [0.5, 0.6) is 0 Å². The fourth-order valence-electron chi connectivity index (χ4n) is 0.372. The number of carboxylic acids is 1. The van der Waals surface area contributed by atoms with E-state index in [1.807, 2.05) is 6.92 Å². The molecule has 0 radical (unpaired) electrons. The van der Waals surface area contributed by atoms with E-state index < -0.39 is 12.1 Å². The van der Waals surface area contributed by atoms with Crippen molar-refractivity contribution in [2.75, 3.05) is 6.54 Å². The van der Waals surface area contributed by atoms with Crippen molar-refractivity contribution in [3.05, 3.63) is 0 Å². The van der Waals surface area contributed by atoms with Crippen molar-refractivity contribution >= 4 is 12.1 Å². The molecule has 0 aliphatic rings. The van der Waals surface area contributed by atoms with Crippen LogP contribution in [0.2, 0.25) is 0 Å². The van der Waals surface area contributed by atoms with E-state index in [1.165, 1.54) is 0 Å². The summed E-state index contributed by atoms with van der Waals surface area (Å²) in [6.45, 7) is 3.68. The summed E-state index contributed by atoms with van der Waals surface area (Å²) in [5.74, 6) is -0.833. The maximum absolute atomic E-state index is 9.76. The first-order valence-corrected chi connectivity index (χ1v) is 3.67. The molecule has 0 saturated heterocycles. The fourth-order valence-corrected chi connectivity index (χ4v) is 0.372. The first kappa shape index (κ1) is 13.3. The van der Waals surface area contributed by atoms with Crippen LogP contribution in [0.25, 0.3) is 0 Å². The third kappa shape index (κ3) is 37.4. The van der Waals surface area contributed by atoms with Crippen LogP contribution in [-0.4, -0.2) is 28.8 Å². The van der Waals surface area contributed by atoms with Gasteiger partial charge in [0.25, 0.3) is 5.97 Å². The molecule has 3 N–H and O–H groups in total. The Morgan fingerprint density at radius 2 is 1.75 bits per heavy atom. The van der Waals surface area contributed by atoms with Gasteiger partial charge in [-0.05, 0) is 6.42 Å². The maximum Gasteiger partial charge on any atom is 0.404 e. The number of nitrogens with one attached hydrogen (secondary N) is 1. The van der Waals surface area contributed by atoms with E-state index in [1.54, 1.807) is 0 Å². The van der Waals surface area contributed by atoms with Crippen molar-refractivity contribution in [3.8, 4) is 0 Å². The van der Waals surface area contributed by atoms with E-state index in [-0.39, 0.29) is 0 Å². The topological polar surface area (TPSA) is 86.6 Å². The molecule has 0 fully saturated rings.